The minimum absolute atomic E-state index is 0.468. The molecule has 1 aromatic heterocycles. The van der Waals surface area contributed by atoms with Crippen molar-refractivity contribution in [3.63, 3.8) is 0 Å². The summed E-state index contributed by atoms with van der Waals surface area (Å²) in [5.74, 6) is -1.43. The summed E-state index contributed by atoms with van der Waals surface area (Å²) < 4.78 is 73.7. The Morgan fingerprint density at radius 2 is 1.80 bits per heavy atom. The van der Waals surface area contributed by atoms with Crippen LogP contribution in [0.2, 0.25) is 0 Å². The van der Waals surface area contributed by atoms with Crippen molar-refractivity contribution >= 4 is 0 Å². The maximum absolute atomic E-state index is 12.5. The van der Waals surface area contributed by atoms with Crippen LogP contribution in [0.3, 0.4) is 0 Å². The second kappa shape index (κ2) is 3.71. The Morgan fingerprint density at radius 3 is 2.20 bits per heavy atom. The van der Waals surface area contributed by atoms with Crippen LogP contribution in [0.4, 0.5) is 26.3 Å². The summed E-state index contributed by atoms with van der Waals surface area (Å²) in [6, 6.07) is 0.538. The van der Waals surface area contributed by atoms with Crippen molar-refractivity contribution in [1.82, 2.24) is 4.98 Å². The van der Waals surface area contributed by atoms with Gasteiger partial charge < -0.3 is 0 Å². The van der Waals surface area contributed by atoms with E-state index in [9.17, 15) is 26.3 Å². The van der Waals surface area contributed by atoms with Crippen LogP contribution >= 0.6 is 0 Å². The molecule has 0 atom stereocenters. The number of aryl methyl sites for hydroxylation is 1. The minimum Gasteiger partial charge on any atom is -0.215 e. The van der Waals surface area contributed by atoms with E-state index in [1.807, 2.05) is 0 Å². The minimum atomic E-state index is -5.08. The van der Waals surface area contributed by atoms with Gasteiger partial charge in [-0.1, -0.05) is 0 Å². The summed E-state index contributed by atoms with van der Waals surface area (Å²) in [4.78, 5) is 2.45. The van der Waals surface area contributed by atoms with Crippen LogP contribution in [0.15, 0.2) is 6.07 Å². The van der Waals surface area contributed by atoms with Gasteiger partial charge >= 0.3 is 6.18 Å². The van der Waals surface area contributed by atoms with Gasteiger partial charge in [0.2, 0.25) is 5.95 Å². The van der Waals surface area contributed by atoms with Gasteiger partial charge in [-0.2, -0.15) is 17.6 Å². The van der Waals surface area contributed by atoms with Gasteiger partial charge in [-0.25, -0.2) is 13.8 Å². The SMILES string of the molecule is Cc1cc(F)nc(C(F)(F)F)c1C(F)F. The Balaban J connectivity index is 3.47. The Labute approximate surface area is 80.7 Å². The molecule has 0 fully saturated rings. The van der Waals surface area contributed by atoms with Crippen LogP contribution in [-0.2, 0) is 6.18 Å². The average Bonchev–Trinajstić information content (AvgIpc) is 1.99. The second-order valence-corrected chi connectivity index (χ2v) is 2.82. The topological polar surface area (TPSA) is 12.9 Å². The number of hydrogen-bond acceptors (Lipinski definition) is 1. The monoisotopic (exact) mass is 229 g/mol. The summed E-state index contributed by atoms with van der Waals surface area (Å²) in [5, 5.41) is 0. The van der Waals surface area contributed by atoms with Crippen molar-refractivity contribution in [1.29, 1.82) is 0 Å². The molecular formula is C8H5F6N. The van der Waals surface area contributed by atoms with E-state index in [0.29, 0.717) is 6.07 Å². The third kappa shape index (κ3) is 2.40. The van der Waals surface area contributed by atoms with Gasteiger partial charge in [0.25, 0.3) is 6.43 Å². The van der Waals surface area contributed by atoms with Gasteiger partial charge in [0, 0.05) is 0 Å². The fourth-order valence-corrected chi connectivity index (χ4v) is 1.13. The largest absolute Gasteiger partial charge is 0.433 e. The fourth-order valence-electron chi connectivity index (χ4n) is 1.13. The number of aromatic nitrogens is 1. The molecule has 0 amide bonds. The standard InChI is InChI=1S/C8H5F6N/c1-3-2-4(9)15-6(8(12,13)14)5(3)7(10)11/h2,7H,1H3. The quantitative estimate of drug-likeness (QED) is 0.530. The lowest BCUT2D eigenvalue weighted by atomic mass is 10.1. The van der Waals surface area contributed by atoms with Gasteiger partial charge in [-0.3, -0.25) is 0 Å². The van der Waals surface area contributed by atoms with E-state index in [1.165, 1.54) is 0 Å². The molecule has 0 aliphatic rings. The molecule has 1 aromatic rings. The highest BCUT2D eigenvalue weighted by Gasteiger charge is 2.39. The molecular weight excluding hydrogens is 224 g/mol. The van der Waals surface area contributed by atoms with Gasteiger partial charge in [0.15, 0.2) is 5.69 Å². The van der Waals surface area contributed by atoms with Gasteiger partial charge in [0.05, 0.1) is 5.56 Å². The summed E-state index contributed by atoms with van der Waals surface area (Å²) in [6.07, 6.45) is -8.42. The van der Waals surface area contributed by atoms with Gasteiger partial charge in [-0.05, 0) is 18.6 Å². The van der Waals surface area contributed by atoms with E-state index in [-0.39, 0.29) is 0 Å². The van der Waals surface area contributed by atoms with Crippen LogP contribution in [0.1, 0.15) is 23.2 Å². The van der Waals surface area contributed by atoms with Crippen LogP contribution < -0.4 is 0 Å². The molecule has 0 aliphatic carbocycles. The number of hydrogen-bond donors (Lipinski definition) is 0. The van der Waals surface area contributed by atoms with Crippen molar-refractivity contribution in [2.45, 2.75) is 19.5 Å². The molecule has 7 heteroatoms. The molecule has 0 radical (unpaired) electrons. The van der Waals surface area contributed by atoms with Crippen molar-refractivity contribution in [2.75, 3.05) is 0 Å². The van der Waals surface area contributed by atoms with Gasteiger partial charge in [0.1, 0.15) is 0 Å². The predicted molar refractivity (Wildman–Crippen MR) is 38.9 cm³/mol. The summed E-state index contributed by atoms with van der Waals surface area (Å²) in [5.41, 5.74) is -3.61. The highest BCUT2D eigenvalue weighted by atomic mass is 19.4. The van der Waals surface area contributed by atoms with Crippen LogP contribution in [-0.4, -0.2) is 4.98 Å². The normalized spacial score (nSPS) is 12.3. The molecule has 84 valence electrons. The molecule has 1 heterocycles. The van der Waals surface area contributed by atoms with Crippen molar-refractivity contribution in [2.24, 2.45) is 0 Å². The summed E-state index contributed by atoms with van der Waals surface area (Å²) >= 11 is 0. The Kier molecular flexibility index (Phi) is 2.92. The summed E-state index contributed by atoms with van der Waals surface area (Å²) in [7, 11) is 0. The van der Waals surface area contributed by atoms with Crippen LogP contribution in [0, 0.1) is 12.9 Å². The molecule has 1 nitrogen and oxygen atoms in total. The smallest absolute Gasteiger partial charge is 0.215 e. The second-order valence-electron chi connectivity index (χ2n) is 2.82. The molecule has 0 aromatic carbocycles. The average molecular weight is 229 g/mol. The van der Waals surface area contributed by atoms with Crippen molar-refractivity contribution in [3.05, 3.63) is 28.8 Å². The number of halogens is 6. The van der Waals surface area contributed by atoms with E-state index in [4.69, 9.17) is 0 Å². The number of rotatable bonds is 1. The molecule has 0 saturated carbocycles. The van der Waals surface area contributed by atoms with E-state index in [0.717, 1.165) is 6.92 Å². The number of alkyl halides is 5. The lowest BCUT2D eigenvalue weighted by Crippen LogP contribution is -2.15. The Morgan fingerprint density at radius 1 is 1.27 bits per heavy atom. The first-order chi connectivity index (χ1) is 6.73. The third-order valence-electron chi connectivity index (χ3n) is 1.72. The molecule has 0 N–H and O–H groups in total. The lowest BCUT2D eigenvalue weighted by molar-refractivity contribution is -0.143. The van der Waals surface area contributed by atoms with Gasteiger partial charge in [-0.15, -0.1) is 0 Å². The first-order valence-electron chi connectivity index (χ1n) is 3.76. The van der Waals surface area contributed by atoms with Crippen molar-refractivity contribution < 1.29 is 26.3 Å². The zero-order chi connectivity index (χ0) is 11.8. The first-order valence-corrected chi connectivity index (χ1v) is 3.76. The zero-order valence-electron chi connectivity index (χ0n) is 7.37. The number of nitrogens with zero attached hydrogens (tertiary/aromatic N) is 1. The van der Waals surface area contributed by atoms with E-state index < -0.39 is 35.4 Å². The maximum Gasteiger partial charge on any atom is 0.433 e. The highest BCUT2D eigenvalue weighted by Crippen LogP contribution is 2.36. The molecule has 0 saturated heterocycles. The summed E-state index contributed by atoms with van der Waals surface area (Å²) in [6.45, 7) is 0.974. The molecule has 0 aliphatic heterocycles. The predicted octanol–water partition coefficient (Wildman–Crippen LogP) is 3.49. The number of pyridine rings is 1. The third-order valence-corrected chi connectivity index (χ3v) is 1.72. The van der Waals surface area contributed by atoms with E-state index >= 15 is 0 Å². The highest BCUT2D eigenvalue weighted by molar-refractivity contribution is 5.32. The molecule has 0 unspecified atom stereocenters. The van der Waals surface area contributed by atoms with Crippen molar-refractivity contribution in [3.8, 4) is 0 Å². The molecule has 1 rings (SSSR count). The Hall–Kier alpha value is -1.27. The first kappa shape index (κ1) is 11.8. The lowest BCUT2D eigenvalue weighted by Gasteiger charge is -2.13. The fraction of sp³-hybridized carbons (Fsp3) is 0.375. The Bertz CT molecular complexity index is 370. The van der Waals surface area contributed by atoms with E-state index in [1.54, 1.807) is 0 Å². The van der Waals surface area contributed by atoms with Crippen LogP contribution in [0.5, 0.6) is 0 Å². The zero-order valence-corrected chi connectivity index (χ0v) is 7.37. The molecule has 0 bridgehead atoms. The van der Waals surface area contributed by atoms with Crippen LogP contribution in [0.25, 0.3) is 0 Å². The van der Waals surface area contributed by atoms with E-state index in [2.05, 4.69) is 4.98 Å². The molecule has 0 spiro atoms. The maximum atomic E-state index is 12.5. The molecule has 15 heavy (non-hydrogen) atoms.